The first kappa shape index (κ1) is 9.74. The minimum absolute atomic E-state index is 0.879. The highest BCUT2D eigenvalue weighted by molar-refractivity contribution is 14.1. The predicted molar refractivity (Wildman–Crippen MR) is 70.3 cm³/mol. The average Bonchev–Trinajstić information content (AvgIpc) is 2.12. The lowest BCUT2D eigenvalue weighted by Gasteiger charge is -2.32. The van der Waals surface area contributed by atoms with E-state index in [9.17, 15) is 0 Å². The van der Waals surface area contributed by atoms with Gasteiger partial charge in [0.05, 0.1) is 0 Å². The van der Waals surface area contributed by atoms with Crippen molar-refractivity contribution >= 4 is 45.2 Å². The van der Waals surface area contributed by atoms with Crippen LogP contribution in [0.15, 0.2) is 11.1 Å². The highest BCUT2D eigenvalue weighted by Crippen LogP contribution is 2.41. The Bertz CT molecular complexity index is 186. The second kappa shape index (κ2) is 4.15. The maximum atomic E-state index is 2.64. The molecule has 12 heavy (non-hydrogen) atoms. The van der Waals surface area contributed by atoms with Crippen molar-refractivity contribution in [2.45, 2.75) is 46.4 Å². The smallest absolute Gasteiger partial charge is 0.0322 e. The van der Waals surface area contributed by atoms with Gasteiger partial charge in [0.25, 0.3) is 0 Å². The normalized spacial score (nSPS) is 36.5. The van der Waals surface area contributed by atoms with Crippen LogP contribution in [0.2, 0.25) is 0 Å². The second-order valence-corrected chi connectivity index (χ2v) is 6.78. The van der Waals surface area contributed by atoms with Gasteiger partial charge in [-0.3, -0.25) is 0 Å². The van der Waals surface area contributed by atoms with Crippen molar-refractivity contribution in [3.63, 3.8) is 0 Å². The molecular weight excluding hydrogens is 374 g/mol. The van der Waals surface area contributed by atoms with E-state index in [4.69, 9.17) is 0 Å². The maximum absolute atomic E-state index is 2.64. The Morgan fingerprint density at radius 3 is 1.67 bits per heavy atom. The number of allylic oxidation sites excluding steroid dienone is 2. The molecular formula is C10H14I2. The van der Waals surface area contributed by atoms with Gasteiger partial charge in [0.1, 0.15) is 0 Å². The molecule has 2 heteroatoms. The minimum atomic E-state index is 0.879. The Morgan fingerprint density at radius 1 is 0.833 bits per heavy atom. The first-order valence-corrected chi connectivity index (χ1v) is 7.28. The van der Waals surface area contributed by atoms with Gasteiger partial charge >= 0.3 is 0 Å². The quantitative estimate of drug-likeness (QED) is 0.331. The van der Waals surface area contributed by atoms with Crippen LogP contribution in [-0.4, -0.2) is 7.85 Å². The van der Waals surface area contributed by atoms with Crippen molar-refractivity contribution in [1.82, 2.24) is 0 Å². The molecule has 0 bridgehead atoms. The summed E-state index contributed by atoms with van der Waals surface area (Å²) in [5.41, 5.74) is 3.65. The monoisotopic (exact) mass is 388 g/mol. The van der Waals surface area contributed by atoms with Crippen molar-refractivity contribution in [3.8, 4) is 0 Å². The third-order valence-electron chi connectivity index (χ3n) is 2.98. The molecule has 0 radical (unpaired) electrons. The van der Waals surface area contributed by atoms with Gasteiger partial charge in [0.2, 0.25) is 0 Å². The zero-order chi connectivity index (χ0) is 8.55. The Balaban J connectivity index is 2.27. The summed E-state index contributed by atoms with van der Waals surface area (Å²) < 4.78 is 1.76. The number of rotatable bonds is 0. The fourth-order valence-electron chi connectivity index (χ4n) is 2.31. The van der Waals surface area contributed by atoms with Crippen LogP contribution >= 0.6 is 45.2 Å². The topological polar surface area (TPSA) is 0 Å². The van der Waals surface area contributed by atoms with Crippen molar-refractivity contribution in [1.29, 1.82) is 0 Å². The summed E-state index contributed by atoms with van der Waals surface area (Å²) in [5, 5.41) is 0. The van der Waals surface area contributed by atoms with E-state index in [0.717, 1.165) is 7.85 Å². The summed E-state index contributed by atoms with van der Waals surface area (Å²) in [6.45, 7) is 0. The summed E-state index contributed by atoms with van der Waals surface area (Å²) in [5.74, 6) is 0. The fraction of sp³-hybridized carbons (Fsp3) is 0.800. The van der Waals surface area contributed by atoms with Gasteiger partial charge in [0, 0.05) is 7.85 Å². The van der Waals surface area contributed by atoms with Gasteiger partial charge in [-0.05, 0) is 38.5 Å². The highest BCUT2D eigenvalue weighted by Gasteiger charge is 2.27. The van der Waals surface area contributed by atoms with Crippen molar-refractivity contribution in [2.24, 2.45) is 0 Å². The molecule has 0 spiro atoms. The molecule has 0 aromatic rings. The fourth-order valence-corrected chi connectivity index (χ4v) is 4.45. The van der Waals surface area contributed by atoms with Crippen LogP contribution in [0, 0.1) is 0 Å². The lowest BCUT2D eigenvalue weighted by Crippen LogP contribution is -2.21. The molecule has 0 fully saturated rings. The molecule has 2 rings (SSSR count). The zero-order valence-electron chi connectivity index (χ0n) is 7.15. The summed E-state index contributed by atoms with van der Waals surface area (Å²) in [6, 6.07) is 0. The van der Waals surface area contributed by atoms with Crippen LogP contribution in [-0.2, 0) is 0 Å². The van der Waals surface area contributed by atoms with Gasteiger partial charge in [-0.25, -0.2) is 0 Å². The van der Waals surface area contributed by atoms with Crippen LogP contribution in [0.1, 0.15) is 38.5 Å². The molecule has 0 amide bonds. The summed E-state index contributed by atoms with van der Waals surface area (Å²) >= 11 is 5.28. The van der Waals surface area contributed by atoms with Crippen molar-refractivity contribution in [2.75, 3.05) is 0 Å². The minimum Gasteiger partial charge on any atom is -0.0778 e. The molecule has 2 unspecified atom stereocenters. The van der Waals surface area contributed by atoms with Gasteiger partial charge in [-0.15, -0.1) is 0 Å². The Labute approximate surface area is 102 Å². The van der Waals surface area contributed by atoms with E-state index in [1.165, 1.54) is 38.5 Å². The van der Waals surface area contributed by atoms with Crippen LogP contribution in [0.25, 0.3) is 0 Å². The molecule has 2 aliphatic rings. The largest absolute Gasteiger partial charge is 0.0778 e. The summed E-state index contributed by atoms with van der Waals surface area (Å²) in [7, 11) is 0. The average molecular weight is 388 g/mol. The van der Waals surface area contributed by atoms with Crippen LogP contribution in [0.4, 0.5) is 0 Å². The van der Waals surface area contributed by atoms with Crippen LogP contribution in [0.5, 0.6) is 0 Å². The molecule has 0 saturated carbocycles. The van der Waals surface area contributed by atoms with E-state index in [0.29, 0.717) is 0 Å². The van der Waals surface area contributed by atoms with E-state index in [1.807, 2.05) is 11.1 Å². The molecule has 68 valence electrons. The standard InChI is InChI=1S/C10H14I2/c11-9-5-6-10(12)8-4-2-1-3-7(8)9/h9-10H,1-6H2. The van der Waals surface area contributed by atoms with Crippen molar-refractivity contribution in [3.05, 3.63) is 11.1 Å². The van der Waals surface area contributed by atoms with E-state index in [2.05, 4.69) is 45.2 Å². The first-order chi connectivity index (χ1) is 5.79. The van der Waals surface area contributed by atoms with E-state index in [-0.39, 0.29) is 0 Å². The van der Waals surface area contributed by atoms with Gasteiger partial charge in [-0.2, -0.15) is 0 Å². The Hall–Kier alpha value is 1.20. The van der Waals surface area contributed by atoms with Gasteiger partial charge in [0.15, 0.2) is 0 Å². The number of halogens is 2. The SMILES string of the molecule is IC1CCC(I)C2=C1CCCC2. The lowest BCUT2D eigenvalue weighted by molar-refractivity contribution is 0.586. The zero-order valence-corrected chi connectivity index (χ0v) is 11.5. The predicted octanol–water partition coefficient (Wildman–Crippen LogP) is 4.26. The molecule has 0 aromatic carbocycles. The molecule has 0 heterocycles. The summed E-state index contributed by atoms with van der Waals surface area (Å²) in [6.07, 6.45) is 8.55. The third kappa shape index (κ3) is 1.83. The second-order valence-electron chi connectivity index (χ2n) is 3.77. The van der Waals surface area contributed by atoms with E-state index >= 15 is 0 Å². The van der Waals surface area contributed by atoms with E-state index in [1.54, 1.807) is 0 Å². The lowest BCUT2D eigenvalue weighted by atomic mass is 9.82. The highest BCUT2D eigenvalue weighted by atomic mass is 127. The van der Waals surface area contributed by atoms with Gasteiger partial charge < -0.3 is 0 Å². The third-order valence-corrected chi connectivity index (χ3v) is 5.73. The molecule has 0 aromatic heterocycles. The van der Waals surface area contributed by atoms with E-state index < -0.39 is 0 Å². The van der Waals surface area contributed by atoms with Crippen molar-refractivity contribution < 1.29 is 0 Å². The molecule has 0 saturated heterocycles. The summed E-state index contributed by atoms with van der Waals surface area (Å²) in [4.78, 5) is 0. The maximum Gasteiger partial charge on any atom is 0.0322 e. The Morgan fingerprint density at radius 2 is 1.25 bits per heavy atom. The van der Waals surface area contributed by atoms with Crippen LogP contribution < -0.4 is 0 Å². The number of alkyl halides is 2. The number of hydrogen-bond donors (Lipinski definition) is 0. The first-order valence-electron chi connectivity index (χ1n) is 4.79. The molecule has 0 N–H and O–H groups in total. The van der Waals surface area contributed by atoms with Gasteiger partial charge in [-0.1, -0.05) is 56.3 Å². The van der Waals surface area contributed by atoms with Crippen LogP contribution in [0.3, 0.4) is 0 Å². The molecule has 2 aliphatic carbocycles. The number of hydrogen-bond acceptors (Lipinski definition) is 0. The molecule has 0 nitrogen and oxygen atoms in total. The molecule has 2 atom stereocenters. The molecule has 0 aliphatic heterocycles. The Kier molecular flexibility index (Phi) is 3.37.